The van der Waals surface area contributed by atoms with Crippen molar-refractivity contribution in [2.45, 2.75) is 45.4 Å². The summed E-state index contributed by atoms with van der Waals surface area (Å²) in [6.45, 7) is 8.11. The van der Waals surface area contributed by atoms with E-state index in [4.69, 9.17) is 16.6 Å². The van der Waals surface area contributed by atoms with Gasteiger partial charge in [0.2, 0.25) is 0 Å². The van der Waals surface area contributed by atoms with Gasteiger partial charge in [-0.05, 0) is 43.5 Å². The molecule has 1 aliphatic heterocycles. The molecule has 1 amide bonds. The van der Waals surface area contributed by atoms with Gasteiger partial charge >= 0.3 is 0 Å². The molecule has 2 aromatic heterocycles. The number of nitrogens with zero attached hydrogens (tertiary/aromatic N) is 3. The zero-order chi connectivity index (χ0) is 21.3. The van der Waals surface area contributed by atoms with Crippen LogP contribution in [0.4, 0.5) is 0 Å². The van der Waals surface area contributed by atoms with E-state index >= 15 is 0 Å². The Balaban J connectivity index is 1.58. The maximum absolute atomic E-state index is 12.7. The lowest BCUT2D eigenvalue weighted by Gasteiger charge is -2.26. The van der Waals surface area contributed by atoms with Crippen LogP contribution in [0.15, 0.2) is 41.9 Å². The van der Waals surface area contributed by atoms with Crippen LogP contribution in [0.2, 0.25) is 5.02 Å². The number of amides is 1. The van der Waals surface area contributed by atoms with Crippen LogP contribution < -0.4 is 0 Å². The van der Waals surface area contributed by atoms with Gasteiger partial charge in [0.25, 0.3) is 5.91 Å². The van der Waals surface area contributed by atoms with Crippen LogP contribution >= 0.6 is 22.9 Å². The summed E-state index contributed by atoms with van der Waals surface area (Å²) in [5, 5.41) is 3.50. The maximum Gasteiger partial charge on any atom is 0.253 e. The van der Waals surface area contributed by atoms with Crippen molar-refractivity contribution in [3.8, 4) is 21.8 Å². The predicted octanol–water partition coefficient (Wildman–Crippen LogP) is 6.45. The van der Waals surface area contributed by atoms with Crippen molar-refractivity contribution >= 4 is 28.8 Å². The van der Waals surface area contributed by atoms with Gasteiger partial charge in [0.1, 0.15) is 5.01 Å². The molecule has 0 N–H and O–H groups in total. The lowest BCUT2D eigenvalue weighted by atomic mass is 9.91. The van der Waals surface area contributed by atoms with Crippen molar-refractivity contribution in [2.75, 3.05) is 13.1 Å². The van der Waals surface area contributed by atoms with Gasteiger partial charge < -0.3 is 4.90 Å². The van der Waals surface area contributed by atoms with Crippen LogP contribution in [0.25, 0.3) is 21.8 Å². The molecule has 1 aliphatic rings. The highest BCUT2D eigenvalue weighted by Crippen LogP contribution is 2.34. The number of aromatic nitrogens is 2. The van der Waals surface area contributed by atoms with Gasteiger partial charge in [0, 0.05) is 52.5 Å². The Kier molecular flexibility index (Phi) is 5.94. The fourth-order valence-electron chi connectivity index (χ4n) is 3.64. The Morgan fingerprint density at radius 3 is 2.57 bits per heavy atom. The molecular formula is C24H26ClN3OS. The maximum atomic E-state index is 12.7. The summed E-state index contributed by atoms with van der Waals surface area (Å²) in [6, 6.07) is 9.63. The topological polar surface area (TPSA) is 46.1 Å². The molecule has 0 radical (unpaired) electrons. The normalized spacial score (nSPS) is 14.7. The van der Waals surface area contributed by atoms with Crippen molar-refractivity contribution < 1.29 is 4.79 Å². The van der Waals surface area contributed by atoms with Gasteiger partial charge in [-0.15, -0.1) is 11.3 Å². The van der Waals surface area contributed by atoms with Crippen LogP contribution in [0.3, 0.4) is 0 Å². The predicted molar refractivity (Wildman–Crippen MR) is 124 cm³/mol. The second-order valence-electron chi connectivity index (χ2n) is 8.77. The Hall–Kier alpha value is -2.24. The van der Waals surface area contributed by atoms with Crippen LogP contribution in [-0.2, 0) is 5.41 Å². The monoisotopic (exact) mass is 439 g/mol. The third kappa shape index (κ3) is 4.42. The fraction of sp³-hybridized carbons (Fsp3) is 0.375. The molecule has 156 valence electrons. The van der Waals surface area contributed by atoms with Crippen molar-refractivity contribution in [2.24, 2.45) is 0 Å². The van der Waals surface area contributed by atoms with E-state index in [1.54, 1.807) is 17.4 Å². The number of pyridine rings is 1. The lowest BCUT2D eigenvalue weighted by Crippen LogP contribution is -2.35. The molecule has 6 heteroatoms. The van der Waals surface area contributed by atoms with E-state index in [9.17, 15) is 4.79 Å². The zero-order valence-electron chi connectivity index (χ0n) is 17.6. The Labute approximate surface area is 186 Å². The average molecular weight is 440 g/mol. The van der Waals surface area contributed by atoms with Crippen molar-refractivity contribution in [1.82, 2.24) is 14.9 Å². The average Bonchev–Trinajstić information content (AvgIpc) is 3.23. The number of piperidine rings is 1. The highest BCUT2D eigenvalue weighted by molar-refractivity contribution is 7.13. The molecule has 1 aromatic carbocycles. The van der Waals surface area contributed by atoms with Crippen LogP contribution in [0.5, 0.6) is 0 Å². The number of carbonyl (C=O) groups excluding carboxylic acids is 1. The molecule has 0 unspecified atom stereocenters. The number of thiazole rings is 1. The number of halogens is 1. The number of rotatable bonds is 3. The highest BCUT2D eigenvalue weighted by atomic mass is 35.5. The van der Waals surface area contributed by atoms with E-state index < -0.39 is 0 Å². The van der Waals surface area contributed by atoms with Crippen LogP contribution in [0.1, 0.15) is 56.1 Å². The summed E-state index contributed by atoms with van der Waals surface area (Å²) in [5.41, 5.74) is 4.39. The van der Waals surface area contributed by atoms with E-state index in [1.807, 2.05) is 34.7 Å². The fourth-order valence-corrected chi connectivity index (χ4v) is 4.73. The lowest BCUT2D eigenvalue weighted by molar-refractivity contribution is 0.0724. The minimum Gasteiger partial charge on any atom is -0.339 e. The zero-order valence-corrected chi connectivity index (χ0v) is 19.2. The molecule has 30 heavy (non-hydrogen) atoms. The molecule has 0 saturated carbocycles. The molecule has 1 saturated heterocycles. The van der Waals surface area contributed by atoms with Gasteiger partial charge in [-0.25, -0.2) is 4.98 Å². The van der Waals surface area contributed by atoms with E-state index in [0.717, 1.165) is 53.5 Å². The van der Waals surface area contributed by atoms with E-state index in [0.29, 0.717) is 10.6 Å². The molecule has 0 aliphatic carbocycles. The summed E-state index contributed by atoms with van der Waals surface area (Å²) in [6.07, 6.45) is 5.19. The van der Waals surface area contributed by atoms with E-state index in [2.05, 4.69) is 31.8 Å². The van der Waals surface area contributed by atoms with Gasteiger partial charge in [-0.1, -0.05) is 38.4 Å². The van der Waals surface area contributed by atoms with Gasteiger partial charge in [0.15, 0.2) is 0 Å². The standard InChI is InChI=1S/C24H26ClN3OS/c1-24(2,3)21-14-16(9-10-26-21)22-27-20(15-30-22)18-8-7-17(13-19(18)25)23(29)28-11-5-4-6-12-28/h7-10,13-15H,4-6,11-12H2,1-3H3. The first-order chi connectivity index (χ1) is 14.3. The second kappa shape index (κ2) is 8.48. The smallest absolute Gasteiger partial charge is 0.253 e. The van der Waals surface area contributed by atoms with Gasteiger partial charge in [-0.2, -0.15) is 0 Å². The first kappa shape index (κ1) is 21.0. The minimum atomic E-state index is -0.0177. The summed E-state index contributed by atoms with van der Waals surface area (Å²) < 4.78 is 0. The summed E-state index contributed by atoms with van der Waals surface area (Å²) in [5.74, 6) is 0.0635. The molecule has 4 rings (SSSR count). The third-order valence-corrected chi connectivity index (χ3v) is 6.62. The number of hydrogen-bond donors (Lipinski definition) is 0. The molecule has 0 spiro atoms. The highest BCUT2D eigenvalue weighted by Gasteiger charge is 2.20. The largest absolute Gasteiger partial charge is 0.339 e. The summed E-state index contributed by atoms with van der Waals surface area (Å²) in [4.78, 5) is 24.0. The molecule has 0 bridgehead atoms. The second-order valence-corrected chi connectivity index (χ2v) is 10.0. The number of likely N-dealkylation sites (tertiary alicyclic amines) is 1. The van der Waals surface area contributed by atoms with Gasteiger partial charge in [0.05, 0.1) is 10.7 Å². The van der Waals surface area contributed by atoms with Crippen molar-refractivity contribution in [3.05, 3.63) is 58.2 Å². The molecule has 3 aromatic rings. The van der Waals surface area contributed by atoms with E-state index in [-0.39, 0.29) is 11.3 Å². The summed E-state index contributed by atoms with van der Waals surface area (Å²) in [7, 11) is 0. The third-order valence-electron chi connectivity index (χ3n) is 5.41. The SMILES string of the molecule is CC(C)(C)c1cc(-c2nc(-c3ccc(C(=O)N4CCCCC4)cc3Cl)cs2)ccn1. The Morgan fingerprint density at radius 2 is 1.87 bits per heavy atom. The van der Waals surface area contributed by atoms with Crippen molar-refractivity contribution in [3.63, 3.8) is 0 Å². The van der Waals surface area contributed by atoms with Crippen molar-refractivity contribution in [1.29, 1.82) is 0 Å². The minimum absolute atomic E-state index is 0.0177. The molecule has 1 fully saturated rings. The summed E-state index contributed by atoms with van der Waals surface area (Å²) >= 11 is 8.16. The Morgan fingerprint density at radius 1 is 1.10 bits per heavy atom. The Bertz CT molecular complexity index is 1060. The van der Waals surface area contributed by atoms with Gasteiger partial charge in [-0.3, -0.25) is 9.78 Å². The van der Waals surface area contributed by atoms with E-state index in [1.165, 1.54) is 6.42 Å². The number of benzene rings is 1. The number of hydrogen-bond acceptors (Lipinski definition) is 4. The molecular weight excluding hydrogens is 414 g/mol. The molecule has 0 atom stereocenters. The molecule has 3 heterocycles. The quantitative estimate of drug-likeness (QED) is 0.471. The first-order valence-corrected chi connectivity index (χ1v) is 11.6. The van der Waals surface area contributed by atoms with Crippen LogP contribution in [0, 0.1) is 0 Å². The number of carbonyl (C=O) groups is 1. The first-order valence-electron chi connectivity index (χ1n) is 10.3. The van der Waals surface area contributed by atoms with Crippen LogP contribution in [-0.4, -0.2) is 33.9 Å². The molecule has 4 nitrogen and oxygen atoms in total.